The number of aliphatic carboxylic acids is 1. The van der Waals surface area contributed by atoms with E-state index in [-0.39, 0.29) is 18.8 Å². The molecule has 1 aliphatic heterocycles. The van der Waals surface area contributed by atoms with Crippen molar-refractivity contribution < 1.29 is 23.1 Å². The minimum atomic E-state index is -3.48. The second-order valence-electron chi connectivity index (χ2n) is 6.58. The largest absolute Gasteiger partial charge is 0.478 e. The third-order valence-electron chi connectivity index (χ3n) is 4.39. The van der Waals surface area contributed by atoms with Crippen LogP contribution in [0.2, 0.25) is 0 Å². The third kappa shape index (κ3) is 6.79. The van der Waals surface area contributed by atoms with Gasteiger partial charge in [-0.25, -0.2) is 17.5 Å². The summed E-state index contributed by atoms with van der Waals surface area (Å²) < 4.78 is 28.4. The number of aryl methyl sites for hydroxylation is 1. The number of carbonyl (C=O) groups excluding carboxylic acids is 1. The molecule has 1 saturated heterocycles. The number of aromatic nitrogens is 2. The predicted octanol–water partition coefficient (Wildman–Crippen LogP) is 0.595. The van der Waals surface area contributed by atoms with E-state index in [1.807, 2.05) is 0 Å². The van der Waals surface area contributed by atoms with Crippen molar-refractivity contribution in [2.75, 3.05) is 25.4 Å². The van der Waals surface area contributed by atoms with Gasteiger partial charge in [-0.05, 0) is 12.8 Å². The van der Waals surface area contributed by atoms with Crippen molar-refractivity contribution in [2.45, 2.75) is 32.2 Å². The molecule has 0 atom stereocenters. The summed E-state index contributed by atoms with van der Waals surface area (Å²) in [6.45, 7) is 1.16. The van der Waals surface area contributed by atoms with E-state index < -0.39 is 21.9 Å². The molecule has 1 aliphatic rings. The quantitative estimate of drug-likeness (QED) is 0.642. The van der Waals surface area contributed by atoms with E-state index in [1.54, 1.807) is 24.1 Å². The van der Waals surface area contributed by atoms with Gasteiger partial charge in [0.05, 0.1) is 11.9 Å². The number of nitrogens with zero attached hydrogens (tertiary/aromatic N) is 4. The van der Waals surface area contributed by atoms with Crippen LogP contribution < -0.4 is 0 Å². The highest BCUT2D eigenvalue weighted by molar-refractivity contribution is 7.89. The van der Waals surface area contributed by atoms with Crippen LogP contribution in [-0.4, -0.2) is 69.8 Å². The van der Waals surface area contributed by atoms with Crippen LogP contribution in [0.25, 0.3) is 0 Å². The first-order valence-corrected chi connectivity index (χ1v) is 10.5. The van der Waals surface area contributed by atoms with Gasteiger partial charge in [0.1, 0.15) is 0 Å². The van der Waals surface area contributed by atoms with Crippen molar-refractivity contribution in [3.8, 4) is 0 Å². The summed E-state index contributed by atoms with van der Waals surface area (Å²) in [5.41, 5.74) is 0.738. The molecule has 0 aromatic carbocycles. The SMILES string of the molecule is Cn1cc(CN(CCS(=O)(=O)N2CCCCCC2)C(=O)C=CC(=O)O)cn1. The lowest BCUT2D eigenvalue weighted by Gasteiger charge is -2.24. The second-order valence-corrected chi connectivity index (χ2v) is 8.67. The summed E-state index contributed by atoms with van der Waals surface area (Å²) >= 11 is 0. The topological polar surface area (TPSA) is 113 Å². The van der Waals surface area contributed by atoms with Gasteiger partial charge in [-0.3, -0.25) is 9.48 Å². The van der Waals surface area contributed by atoms with Crippen molar-refractivity contribution in [1.82, 2.24) is 19.0 Å². The number of carboxylic acid groups (broad SMARTS) is 1. The number of carbonyl (C=O) groups is 2. The molecule has 0 spiro atoms. The fraction of sp³-hybridized carbons (Fsp3) is 0.588. The first-order chi connectivity index (χ1) is 12.8. The molecule has 1 N–H and O–H groups in total. The molecule has 2 heterocycles. The summed E-state index contributed by atoms with van der Waals surface area (Å²) in [5.74, 6) is -1.98. The minimum absolute atomic E-state index is 0.0173. The Hall–Kier alpha value is -2.20. The van der Waals surface area contributed by atoms with Gasteiger partial charge >= 0.3 is 5.97 Å². The normalized spacial score (nSPS) is 16.3. The standard InChI is InChI=1S/C17H26N4O5S/c1-19-13-15(12-18-19)14-20(16(22)6-7-17(23)24)10-11-27(25,26)21-8-4-2-3-5-9-21/h6-7,12-13H,2-5,8-11,14H2,1H3,(H,23,24). The Labute approximate surface area is 159 Å². The summed E-state index contributed by atoms with van der Waals surface area (Å²) in [6, 6.07) is 0. The summed E-state index contributed by atoms with van der Waals surface area (Å²) in [4.78, 5) is 24.3. The zero-order valence-corrected chi connectivity index (χ0v) is 16.3. The van der Waals surface area contributed by atoms with Crippen LogP contribution in [0.3, 0.4) is 0 Å². The maximum atomic E-state index is 12.6. The number of hydrogen-bond acceptors (Lipinski definition) is 5. The Kier molecular flexibility index (Phi) is 7.55. The molecule has 9 nitrogen and oxygen atoms in total. The monoisotopic (exact) mass is 398 g/mol. The van der Waals surface area contributed by atoms with Crippen LogP contribution in [-0.2, 0) is 33.2 Å². The molecule has 1 aromatic rings. The van der Waals surface area contributed by atoms with Crippen molar-refractivity contribution in [2.24, 2.45) is 7.05 Å². The minimum Gasteiger partial charge on any atom is -0.478 e. The molecule has 150 valence electrons. The van der Waals surface area contributed by atoms with Crippen LogP contribution in [0, 0.1) is 0 Å². The Balaban J connectivity index is 2.07. The van der Waals surface area contributed by atoms with Crippen LogP contribution in [0.15, 0.2) is 24.5 Å². The van der Waals surface area contributed by atoms with E-state index in [0.29, 0.717) is 13.1 Å². The van der Waals surface area contributed by atoms with Gasteiger partial charge < -0.3 is 10.0 Å². The first kappa shape index (κ1) is 21.1. The second kappa shape index (κ2) is 9.65. The smallest absolute Gasteiger partial charge is 0.328 e. The van der Waals surface area contributed by atoms with E-state index in [4.69, 9.17) is 5.11 Å². The third-order valence-corrected chi connectivity index (χ3v) is 6.24. The summed E-state index contributed by atoms with van der Waals surface area (Å²) in [7, 11) is -1.74. The number of carboxylic acids is 1. The van der Waals surface area contributed by atoms with Crippen molar-refractivity contribution in [3.05, 3.63) is 30.1 Å². The highest BCUT2D eigenvalue weighted by Crippen LogP contribution is 2.14. The maximum absolute atomic E-state index is 12.6. The Bertz CT molecular complexity index is 779. The molecule has 27 heavy (non-hydrogen) atoms. The molecule has 1 fully saturated rings. The molecular formula is C17H26N4O5S. The van der Waals surface area contributed by atoms with Crippen molar-refractivity contribution in [3.63, 3.8) is 0 Å². The zero-order valence-electron chi connectivity index (χ0n) is 15.5. The van der Waals surface area contributed by atoms with Crippen molar-refractivity contribution in [1.29, 1.82) is 0 Å². The molecule has 1 aromatic heterocycles. The van der Waals surface area contributed by atoms with E-state index in [2.05, 4.69) is 5.10 Å². The highest BCUT2D eigenvalue weighted by Gasteiger charge is 2.24. The average molecular weight is 398 g/mol. The van der Waals surface area contributed by atoms with Gasteiger partial charge in [0.2, 0.25) is 15.9 Å². The van der Waals surface area contributed by atoms with Crippen LogP contribution in [0.4, 0.5) is 0 Å². The molecule has 10 heteroatoms. The zero-order chi connectivity index (χ0) is 19.9. The number of rotatable bonds is 8. The van der Waals surface area contributed by atoms with Gasteiger partial charge in [-0.15, -0.1) is 0 Å². The van der Waals surface area contributed by atoms with E-state index in [1.165, 1.54) is 9.21 Å². The summed E-state index contributed by atoms with van der Waals surface area (Å²) in [6.07, 6.45) is 8.75. The van der Waals surface area contributed by atoms with Gasteiger partial charge in [0.25, 0.3) is 0 Å². The Morgan fingerprint density at radius 2 is 1.89 bits per heavy atom. The lowest BCUT2D eigenvalue weighted by molar-refractivity contribution is -0.132. The Morgan fingerprint density at radius 3 is 2.44 bits per heavy atom. The van der Waals surface area contributed by atoms with E-state index >= 15 is 0 Å². The molecule has 0 radical (unpaired) electrons. The highest BCUT2D eigenvalue weighted by atomic mass is 32.2. The van der Waals surface area contributed by atoms with Crippen molar-refractivity contribution >= 4 is 21.9 Å². The fourth-order valence-corrected chi connectivity index (χ4v) is 4.49. The lowest BCUT2D eigenvalue weighted by Crippen LogP contribution is -2.39. The van der Waals surface area contributed by atoms with E-state index in [0.717, 1.165) is 43.4 Å². The molecule has 0 saturated carbocycles. The fourth-order valence-electron chi connectivity index (χ4n) is 2.96. The molecule has 1 amide bonds. The predicted molar refractivity (Wildman–Crippen MR) is 99.2 cm³/mol. The van der Waals surface area contributed by atoms with Crippen LogP contribution >= 0.6 is 0 Å². The van der Waals surface area contributed by atoms with Gasteiger partial charge in [-0.1, -0.05) is 12.8 Å². The number of hydrogen-bond donors (Lipinski definition) is 1. The first-order valence-electron chi connectivity index (χ1n) is 8.93. The maximum Gasteiger partial charge on any atom is 0.328 e. The Morgan fingerprint density at radius 1 is 1.22 bits per heavy atom. The van der Waals surface area contributed by atoms with Gasteiger partial charge in [0, 0.05) is 57.1 Å². The van der Waals surface area contributed by atoms with Crippen LogP contribution in [0.5, 0.6) is 0 Å². The van der Waals surface area contributed by atoms with Crippen LogP contribution in [0.1, 0.15) is 31.2 Å². The molecule has 0 unspecified atom stereocenters. The molecule has 2 rings (SSSR count). The van der Waals surface area contributed by atoms with E-state index in [9.17, 15) is 18.0 Å². The molecule has 0 aliphatic carbocycles. The number of amides is 1. The molecular weight excluding hydrogens is 372 g/mol. The molecule has 0 bridgehead atoms. The lowest BCUT2D eigenvalue weighted by atomic mass is 10.2. The average Bonchev–Trinajstić information content (AvgIpc) is 2.85. The van der Waals surface area contributed by atoms with Gasteiger partial charge in [0.15, 0.2) is 0 Å². The van der Waals surface area contributed by atoms with Gasteiger partial charge in [-0.2, -0.15) is 5.10 Å². The number of sulfonamides is 1. The summed E-state index contributed by atoms with van der Waals surface area (Å²) in [5, 5.41) is 12.8.